The molecule has 1 unspecified atom stereocenters. The molecule has 6 nitrogen and oxygen atoms in total. The zero-order valence-corrected chi connectivity index (χ0v) is 14.9. The summed E-state index contributed by atoms with van der Waals surface area (Å²) in [5.74, 6) is 4.34. The second-order valence-corrected chi connectivity index (χ2v) is 6.37. The molecule has 0 radical (unpaired) electrons. The minimum absolute atomic E-state index is 0.110. The summed E-state index contributed by atoms with van der Waals surface area (Å²) in [6.45, 7) is 2.78. The molecule has 0 spiro atoms. The van der Waals surface area contributed by atoms with Crippen molar-refractivity contribution < 1.29 is 9.47 Å². The van der Waals surface area contributed by atoms with E-state index in [-0.39, 0.29) is 6.04 Å². The van der Waals surface area contributed by atoms with Gasteiger partial charge in [0.1, 0.15) is 23.1 Å². The lowest BCUT2D eigenvalue weighted by Crippen LogP contribution is -2.21. The summed E-state index contributed by atoms with van der Waals surface area (Å²) < 4.78 is 12.9. The molecule has 24 heavy (non-hydrogen) atoms. The molecule has 130 valence electrons. The summed E-state index contributed by atoms with van der Waals surface area (Å²) in [5.41, 5.74) is 1.07. The van der Waals surface area contributed by atoms with Crippen LogP contribution in [0.15, 0.2) is 18.2 Å². The van der Waals surface area contributed by atoms with Gasteiger partial charge in [0.25, 0.3) is 0 Å². The molecule has 3 rings (SSSR count). The molecule has 2 aromatic rings. The predicted octanol–water partition coefficient (Wildman–Crippen LogP) is 2.95. The van der Waals surface area contributed by atoms with E-state index in [0.29, 0.717) is 12.5 Å². The van der Waals surface area contributed by atoms with Crippen LogP contribution in [0.2, 0.25) is 0 Å². The lowest BCUT2D eigenvalue weighted by Gasteiger charge is -2.24. The number of hydrogen-bond acceptors (Lipinski definition) is 5. The average molecular weight is 330 g/mol. The lowest BCUT2D eigenvalue weighted by atomic mass is 9.85. The molecule has 1 aromatic heterocycles. The summed E-state index contributed by atoms with van der Waals surface area (Å²) in [4.78, 5) is 0. The Morgan fingerprint density at radius 2 is 2.04 bits per heavy atom. The highest BCUT2D eigenvalue weighted by Crippen LogP contribution is 2.35. The minimum atomic E-state index is 0.110. The minimum Gasteiger partial charge on any atom is -0.497 e. The fourth-order valence-electron chi connectivity index (χ4n) is 3.08. The molecule has 0 amide bonds. The molecular formula is C18H26N4O2. The van der Waals surface area contributed by atoms with Gasteiger partial charge in [0.05, 0.1) is 20.8 Å². The number of rotatable bonds is 7. The molecule has 1 fully saturated rings. The van der Waals surface area contributed by atoms with Crippen molar-refractivity contribution in [3.05, 3.63) is 35.4 Å². The zero-order chi connectivity index (χ0) is 17.1. The van der Waals surface area contributed by atoms with E-state index < -0.39 is 0 Å². The van der Waals surface area contributed by atoms with Gasteiger partial charge >= 0.3 is 0 Å². The third-order valence-corrected chi connectivity index (χ3v) is 4.94. The number of ether oxygens (including phenoxy) is 2. The van der Waals surface area contributed by atoms with Gasteiger partial charge in [-0.05, 0) is 38.0 Å². The first kappa shape index (κ1) is 16.8. The van der Waals surface area contributed by atoms with Gasteiger partial charge in [0, 0.05) is 24.6 Å². The molecule has 1 N–H and O–H groups in total. The van der Waals surface area contributed by atoms with Crippen LogP contribution in [-0.2, 0) is 13.6 Å². The van der Waals surface area contributed by atoms with Crippen LogP contribution in [0.4, 0.5) is 0 Å². The first-order valence-electron chi connectivity index (χ1n) is 8.47. The largest absolute Gasteiger partial charge is 0.497 e. The SMILES string of the molecule is COc1ccc(OC)c(C(C)NCc2nnc(C3CCC3)n2C)c1. The van der Waals surface area contributed by atoms with Gasteiger partial charge in [-0.15, -0.1) is 10.2 Å². The van der Waals surface area contributed by atoms with Gasteiger partial charge in [-0.3, -0.25) is 0 Å². The summed E-state index contributed by atoms with van der Waals surface area (Å²) >= 11 is 0. The van der Waals surface area contributed by atoms with Crippen LogP contribution in [0.25, 0.3) is 0 Å². The van der Waals surface area contributed by atoms with Gasteiger partial charge in [-0.2, -0.15) is 0 Å². The van der Waals surface area contributed by atoms with Crippen molar-refractivity contribution in [2.24, 2.45) is 7.05 Å². The molecule has 6 heteroatoms. The Morgan fingerprint density at radius 1 is 1.25 bits per heavy atom. The maximum absolute atomic E-state index is 5.47. The number of hydrogen-bond donors (Lipinski definition) is 1. The molecule has 1 aromatic carbocycles. The summed E-state index contributed by atoms with van der Waals surface area (Å²) in [5, 5.41) is 12.2. The van der Waals surface area contributed by atoms with E-state index in [1.807, 2.05) is 18.2 Å². The monoisotopic (exact) mass is 330 g/mol. The smallest absolute Gasteiger partial charge is 0.146 e. The summed E-state index contributed by atoms with van der Waals surface area (Å²) in [6, 6.07) is 5.96. The normalized spacial score (nSPS) is 15.8. The van der Waals surface area contributed by atoms with E-state index in [0.717, 1.165) is 28.7 Å². The van der Waals surface area contributed by atoms with Crippen LogP contribution in [0.5, 0.6) is 11.5 Å². The maximum atomic E-state index is 5.47. The van der Waals surface area contributed by atoms with Crippen LogP contribution < -0.4 is 14.8 Å². The van der Waals surface area contributed by atoms with E-state index in [9.17, 15) is 0 Å². The van der Waals surface area contributed by atoms with Crippen molar-refractivity contribution in [3.8, 4) is 11.5 Å². The third-order valence-electron chi connectivity index (χ3n) is 4.94. The van der Waals surface area contributed by atoms with Crippen molar-refractivity contribution in [3.63, 3.8) is 0 Å². The molecular weight excluding hydrogens is 304 g/mol. The van der Waals surface area contributed by atoms with Crippen molar-refractivity contribution in [1.29, 1.82) is 0 Å². The number of nitrogens with one attached hydrogen (secondary N) is 1. The Balaban J connectivity index is 1.69. The fraction of sp³-hybridized carbons (Fsp3) is 0.556. The first-order chi connectivity index (χ1) is 11.6. The molecule has 1 atom stereocenters. The number of methoxy groups -OCH3 is 2. The Bertz CT molecular complexity index is 694. The van der Waals surface area contributed by atoms with Crippen LogP contribution in [-0.4, -0.2) is 29.0 Å². The van der Waals surface area contributed by atoms with E-state index in [1.54, 1.807) is 14.2 Å². The fourth-order valence-corrected chi connectivity index (χ4v) is 3.08. The highest BCUT2D eigenvalue weighted by Gasteiger charge is 2.25. The summed E-state index contributed by atoms with van der Waals surface area (Å²) in [7, 11) is 5.41. The number of nitrogens with zero attached hydrogens (tertiary/aromatic N) is 3. The zero-order valence-electron chi connectivity index (χ0n) is 14.9. The number of aromatic nitrogens is 3. The quantitative estimate of drug-likeness (QED) is 0.846. The van der Waals surface area contributed by atoms with Gasteiger partial charge in [-0.25, -0.2) is 0 Å². The molecule has 0 aliphatic heterocycles. The van der Waals surface area contributed by atoms with Crippen LogP contribution >= 0.6 is 0 Å². The molecule has 1 aliphatic rings. The van der Waals surface area contributed by atoms with Crippen LogP contribution in [0.1, 0.15) is 55.4 Å². The second-order valence-electron chi connectivity index (χ2n) is 6.37. The Morgan fingerprint density at radius 3 is 2.67 bits per heavy atom. The predicted molar refractivity (Wildman–Crippen MR) is 92.4 cm³/mol. The van der Waals surface area contributed by atoms with Crippen molar-refractivity contribution in [2.75, 3.05) is 14.2 Å². The highest BCUT2D eigenvalue weighted by molar-refractivity contribution is 5.42. The third kappa shape index (κ3) is 3.24. The Labute approximate surface area is 143 Å². The highest BCUT2D eigenvalue weighted by atomic mass is 16.5. The van der Waals surface area contributed by atoms with Gasteiger partial charge in [0.2, 0.25) is 0 Å². The molecule has 0 saturated heterocycles. The van der Waals surface area contributed by atoms with Gasteiger partial charge in [-0.1, -0.05) is 6.42 Å². The van der Waals surface area contributed by atoms with E-state index in [4.69, 9.17) is 9.47 Å². The standard InChI is InChI=1S/C18H26N4O2/c1-12(15-10-14(23-3)8-9-16(15)24-4)19-11-17-20-21-18(22(17)2)13-6-5-7-13/h8-10,12-13,19H,5-7,11H2,1-4H3. The Kier molecular flexibility index (Phi) is 5.04. The van der Waals surface area contributed by atoms with Crippen molar-refractivity contribution in [2.45, 2.75) is 44.7 Å². The average Bonchev–Trinajstić information content (AvgIpc) is 2.91. The lowest BCUT2D eigenvalue weighted by molar-refractivity contribution is 0.388. The Hall–Kier alpha value is -2.08. The van der Waals surface area contributed by atoms with Gasteiger partial charge in [0.15, 0.2) is 0 Å². The maximum Gasteiger partial charge on any atom is 0.146 e. The van der Waals surface area contributed by atoms with E-state index in [1.165, 1.54) is 19.3 Å². The first-order valence-corrected chi connectivity index (χ1v) is 8.47. The van der Waals surface area contributed by atoms with E-state index in [2.05, 4.69) is 34.1 Å². The van der Waals surface area contributed by atoms with Gasteiger partial charge < -0.3 is 19.4 Å². The molecule has 1 aliphatic carbocycles. The molecule has 0 bridgehead atoms. The summed E-state index contributed by atoms with van der Waals surface area (Å²) in [6.07, 6.45) is 3.77. The van der Waals surface area contributed by atoms with Crippen molar-refractivity contribution in [1.82, 2.24) is 20.1 Å². The second kappa shape index (κ2) is 7.21. The van der Waals surface area contributed by atoms with Crippen LogP contribution in [0.3, 0.4) is 0 Å². The van der Waals surface area contributed by atoms with Crippen molar-refractivity contribution >= 4 is 0 Å². The molecule has 1 saturated carbocycles. The molecule has 1 heterocycles. The van der Waals surface area contributed by atoms with E-state index >= 15 is 0 Å². The number of benzene rings is 1. The topological polar surface area (TPSA) is 61.2 Å². The van der Waals surface area contributed by atoms with Crippen LogP contribution in [0, 0.1) is 0 Å².